The number of rotatable bonds is 4. The third kappa shape index (κ3) is 2.70. The van der Waals surface area contributed by atoms with Crippen LogP contribution in [0.1, 0.15) is 12.5 Å². The zero-order valence-corrected chi connectivity index (χ0v) is 8.90. The minimum atomic E-state index is 0.191. The third-order valence-electron chi connectivity index (χ3n) is 2.53. The number of aromatic hydroxyl groups is 1. The molecular weight excluding hydrogens is 192 g/mol. The van der Waals surface area contributed by atoms with Crippen molar-refractivity contribution in [1.29, 1.82) is 0 Å². The van der Waals surface area contributed by atoms with Gasteiger partial charge in [-0.25, -0.2) is 0 Å². The Kier molecular flexibility index (Phi) is 2.93. The van der Waals surface area contributed by atoms with Gasteiger partial charge in [-0.1, -0.05) is 19.1 Å². The molecule has 3 heteroatoms. The molecule has 0 saturated carbocycles. The van der Waals surface area contributed by atoms with Gasteiger partial charge in [0, 0.05) is 5.41 Å². The molecule has 1 aliphatic heterocycles. The van der Waals surface area contributed by atoms with Crippen LogP contribution in [0, 0.1) is 5.41 Å². The second kappa shape index (κ2) is 4.21. The van der Waals surface area contributed by atoms with Gasteiger partial charge in [0.15, 0.2) is 0 Å². The van der Waals surface area contributed by atoms with Crippen LogP contribution in [0.15, 0.2) is 24.3 Å². The summed E-state index contributed by atoms with van der Waals surface area (Å²) in [4.78, 5) is 0. The molecule has 1 fully saturated rings. The quantitative estimate of drug-likeness (QED) is 0.821. The van der Waals surface area contributed by atoms with Gasteiger partial charge in [-0.2, -0.15) is 0 Å². The van der Waals surface area contributed by atoms with Gasteiger partial charge in [0.2, 0.25) is 0 Å². The Morgan fingerprint density at radius 2 is 2.27 bits per heavy atom. The molecule has 1 N–H and O–H groups in total. The van der Waals surface area contributed by atoms with E-state index in [0.717, 1.165) is 18.8 Å². The van der Waals surface area contributed by atoms with Crippen LogP contribution >= 0.6 is 0 Å². The van der Waals surface area contributed by atoms with Crippen LogP contribution in [-0.2, 0) is 16.1 Å². The zero-order valence-electron chi connectivity index (χ0n) is 8.90. The van der Waals surface area contributed by atoms with Crippen molar-refractivity contribution in [3.63, 3.8) is 0 Å². The van der Waals surface area contributed by atoms with E-state index >= 15 is 0 Å². The van der Waals surface area contributed by atoms with Crippen LogP contribution in [0.2, 0.25) is 0 Å². The number of ether oxygens (including phenoxy) is 2. The highest BCUT2D eigenvalue weighted by Gasteiger charge is 2.33. The van der Waals surface area contributed by atoms with Crippen LogP contribution in [0.5, 0.6) is 5.75 Å². The van der Waals surface area contributed by atoms with E-state index in [1.54, 1.807) is 12.1 Å². The first-order chi connectivity index (χ1) is 7.18. The minimum Gasteiger partial charge on any atom is -0.508 e. The lowest BCUT2D eigenvalue weighted by Gasteiger charge is -2.37. The Labute approximate surface area is 89.6 Å². The first kappa shape index (κ1) is 10.5. The van der Waals surface area contributed by atoms with Crippen molar-refractivity contribution in [2.75, 3.05) is 19.8 Å². The summed E-state index contributed by atoms with van der Waals surface area (Å²) in [6.45, 7) is 4.98. The summed E-state index contributed by atoms with van der Waals surface area (Å²) in [5.74, 6) is 0.286. The molecular formula is C12H16O3. The van der Waals surface area contributed by atoms with Crippen LogP contribution < -0.4 is 0 Å². The lowest BCUT2D eigenvalue weighted by Crippen LogP contribution is -2.43. The van der Waals surface area contributed by atoms with Crippen LogP contribution in [0.4, 0.5) is 0 Å². The summed E-state index contributed by atoms with van der Waals surface area (Å²) in [6, 6.07) is 7.14. The van der Waals surface area contributed by atoms with Crippen molar-refractivity contribution in [2.24, 2.45) is 5.41 Å². The van der Waals surface area contributed by atoms with Gasteiger partial charge in [0.05, 0.1) is 26.4 Å². The van der Waals surface area contributed by atoms with E-state index in [1.807, 2.05) is 12.1 Å². The summed E-state index contributed by atoms with van der Waals surface area (Å²) in [5, 5.41) is 9.25. The van der Waals surface area contributed by atoms with Crippen molar-refractivity contribution >= 4 is 0 Å². The van der Waals surface area contributed by atoms with Gasteiger partial charge in [0.1, 0.15) is 5.75 Å². The smallest absolute Gasteiger partial charge is 0.115 e. The van der Waals surface area contributed by atoms with E-state index in [0.29, 0.717) is 13.2 Å². The minimum absolute atomic E-state index is 0.191. The first-order valence-electron chi connectivity index (χ1n) is 5.11. The molecule has 82 valence electrons. The van der Waals surface area contributed by atoms with Crippen molar-refractivity contribution < 1.29 is 14.6 Å². The van der Waals surface area contributed by atoms with Crippen LogP contribution in [0.3, 0.4) is 0 Å². The van der Waals surface area contributed by atoms with Crippen molar-refractivity contribution in [3.05, 3.63) is 29.8 Å². The summed E-state index contributed by atoms with van der Waals surface area (Å²) < 4.78 is 10.7. The molecule has 0 atom stereocenters. The molecule has 1 aromatic rings. The highest BCUT2D eigenvalue weighted by molar-refractivity contribution is 5.26. The van der Waals surface area contributed by atoms with Gasteiger partial charge < -0.3 is 14.6 Å². The Hall–Kier alpha value is -1.06. The fourth-order valence-electron chi connectivity index (χ4n) is 1.60. The highest BCUT2D eigenvalue weighted by atomic mass is 16.5. The van der Waals surface area contributed by atoms with E-state index in [1.165, 1.54) is 0 Å². The molecule has 3 nitrogen and oxygen atoms in total. The van der Waals surface area contributed by atoms with Crippen LogP contribution in [0.25, 0.3) is 0 Å². The summed E-state index contributed by atoms with van der Waals surface area (Å²) in [7, 11) is 0. The van der Waals surface area contributed by atoms with Crippen molar-refractivity contribution in [1.82, 2.24) is 0 Å². The molecule has 0 spiro atoms. The largest absolute Gasteiger partial charge is 0.508 e. The molecule has 1 aliphatic rings. The van der Waals surface area contributed by atoms with Gasteiger partial charge in [-0.3, -0.25) is 0 Å². The Balaban J connectivity index is 1.78. The molecule has 1 saturated heterocycles. The van der Waals surface area contributed by atoms with Gasteiger partial charge in [0.25, 0.3) is 0 Å². The molecule has 0 amide bonds. The predicted molar refractivity (Wildman–Crippen MR) is 56.7 cm³/mol. The molecule has 0 aromatic heterocycles. The SMILES string of the molecule is CC1(COCc2cccc(O)c2)COC1. The fourth-order valence-corrected chi connectivity index (χ4v) is 1.60. The average Bonchev–Trinajstić information content (AvgIpc) is 2.15. The molecule has 0 radical (unpaired) electrons. The Bertz CT molecular complexity index is 331. The van der Waals surface area contributed by atoms with Crippen LogP contribution in [-0.4, -0.2) is 24.9 Å². The predicted octanol–water partition coefficient (Wildman–Crippen LogP) is 1.95. The van der Waals surface area contributed by atoms with E-state index in [4.69, 9.17) is 9.47 Å². The topological polar surface area (TPSA) is 38.7 Å². The normalized spacial score (nSPS) is 18.5. The number of phenolic OH excluding ortho intramolecular Hbond substituents is 1. The van der Waals surface area contributed by atoms with E-state index < -0.39 is 0 Å². The van der Waals surface area contributed by atoms with Crippen molar-refractivity contribution in [2.45, 2.75) is 13.5 Å². The third-order valence-corrected chi connectivity index (χ3v) is 2.53. The maximum absolute atomic E-state index is 9.25. The molecule has 0 aliphatic carbocycles. The van der Waals surface area contributed by atoms with Gasteiger partial charge in [-0.15, -0.1) is 0 Å². The number of benzene rings is 1. The lowest BCUT2D eigenvalue weighted by molar-refractivity contribution is -0.140. The summed E-state index contributed by atoms with van der Waals surface area (Å²) >= 11 is 0. The first-order valence-corrected chi connectivity index (χ1v) is 5.11. The molecule has 0 unspecified atom stereocenters. The summed E-state index contributed by atoms with van der Waals surface area (Å²) in [6.07, 6.45) is 0. The molecule has 15 heavy (non-hydrogen) atoms. The second-order valence-corrected chi connectivity index (χ2v) is 4.47. The van der Waals surface area contributed by atoms with Gasteiger partial charge >= 0.3 is 0 Å². The monoisotopic (exact) mass is 208 g/mol. The Morgan fingerprint density at radius 3 is 2.87 bits per heavy atom. The molecule has 0 bridgehead atoms. The molecule has 2 rings (SSSR count). The summed E-state index contributed by atoms with van der Waals surface area (Å²) in [5.41, 5.74) is 1.19. The second-order valence-electron chi connectivity index (χ2n) is 4.47. The van der Waals surface area contributed by atoms with Crippen molar-refractivity contribution in [3.8, 4) is 5.75 Å². The fraction of sp³-hybridized carbons (Fsp3) is 0.500. The molecule has 1 aromatic carbocycles. The number of hydrogen-bond donors (Lipinski definition) is 1. The maximum atomic E-state index is 9.25. The maximum Gasteiger partial charge on any atom is 0.115 e. The standard InChI is InChI=1S/C12H16O3/c1-12(8-15-9-12)7-14-6-10-3-2-4-11(13)5-10/h2-5,13H,6-9H2,1H3. The highest BCUT2D eigenvalue weighted by Crippen LogP contribution is 2.27. The number of phenols is 1. The van der Waals surface area contributed by atoms with E-state index in [-0.39, 0.29) is 11.2 Å². The zero-order chi connectivity index (χ0) is 10.7. The molecule has 1 heterocycles. The lowest BCUT2D eigenvalue weighted by atomic mass is 9.90. The number of hydrogen-bond acceptors (Lipinski definition) is 3. The van der Waals surface area contributed by atoms with E-state index in [2.05, 4.69) is 6.92 Å². The van der Waals surface area contributed by atoms with E-state index in [9.17, 15) is 5.11 Å². The van der Waals surface area contributed by atoms with Gasteiger partial charge in [-0.05, 0) is 17.7 Å². The Morgan fingerprint density at radius 1 is 1.47 bits per heavy atom. The average molecular weight is 208 g/mol.